The molecule has 23 heavy (non-hydrogen) atoms. The van der Waals surface area contributed by atoms with Crippen LogP contribution in [0.1, 0.15) is 18.4 Å². The number of rotatable bonds is 7. The standard InChI is InChI=1S/C17H23N5O/c23-17(14-22-11-9-19-20-22)18-8-6-16-7-10-21(13-16)12-15-4-2-1-3-5-15/h1-5,9,11,16H,6-8,10,12-14H2,(H,18,23). The van der Waals surface area contributed by atoms with Crippen LogP contribution in [0.25, 0.3) is 0 Å². The number of hydrogen-bond acceptors (Lipinski definition) is 4. The molecule has 1 aromatic carbocycles. The molecule has 6 nitrogen and oxygen atoms in total. The molecule has 0 saturated carbocycles. The molecule has 0 radical (unpaired) electrons. The van der Waals surface area contributed by atoms with Crippen LogP contribution in [0.5, 0.6) is 0 Å². The van der Waals surface area contributed by atoms with Crippen molar-refractivity contribution in [2.75, 3.05) is 19.6 Å². The third-order valence-corrected chi connectivity index (χ3v) is 4.27. The molecule has 2 heterocycles. The van der Waals surface area contributed by atoms with Crippen LogP contribution in [-0.4, -0.2) is 45.4 Å². The largest absolute Gasteiger partial charge is 0.354 e. The SMILES string of the molecule is O=C(Cn1ccnn1)NCCC1CCN(Cc2ccccc2)C1. The summed E-state index contributed by atoms with van der Waals surface area (Å²) >= 11 is 0. The van der Waals surface area contributed by atoms with Gasteiger partial charge in [0.05, 0.1) is 6.20 Å². The van der Waals surface area contributed by atoms with E-state index < -0.39 is 0 Å². The molecule has 3 rings (SSSR count). The lowest BCUT2D eigenvalue weighted by Crippen LogP contribution is -2.30. The fourth-order valence-electron chi connectivity index (χ4n) is 3.07. The van der Waals surface area contributed by atoms with E-state index in [9.17, 15) is 4.79 Å². The first-order chi connectivity index (χ1) is 11.3. The second-order valence-electron chi connectivity index (χ2n) is 6.11. The van der Waals surface area contributed by atoms with E-state index in [1.807, 2.05) is 0 Å². The molecule has 2 aromatic rings. The molecule has 0 spiro atoms. The summed E-state index contributed by atoms with van der Waals surface area (Å²) < 4.78 is 1.53. The van der Waals surface area contributed by atoms with E-state index in [4.69, 9.17) is 0 Å². The molecule has 1 saturated heterocycles. The first-order valence-corrected chi connectivity index (χ1v) is 8.16. The molecule has 1 aliphatic rings. The molecular weight excluding hydrogens is 290 g/mol. The quantitative estimate of drug-likeness (QED) is 0.837. The maximum atomic E-state index is 11.8. The molecule has 6 heteroatoms. The lowest BCUT2D eigenvalue weighted by atomic mass is 10.1. The Kier molecular flexibility index (Phi) is 5.37. The summed E-state index contributed by atoms with van der Waals surface area (Å²) in [6.07, 6.45) is 5.52. The number of amides is 1. The van der Waals surface area contributed by atoms with Gasteiger partial charge >= 0.3 is 0 Å². The smallest absolute Gasteiger partial charge is 0.241 e. The summed E-state index contributed by atoms with van der Waals surface area (Å²) in [7, 11) is 0. The van der Waals surface area contributed by atoms with Crippen molar-refractivity contribution in [3.63, 3.8) is 0 Å². The molecule has 1 atom stereocenters. The van der Waals surface area contributed by atoms with Crippen molar-refractivity contribution in [3.05, 3.63) is 48.3 Å². The minimum Gasteiger partial charge on any atom is -0.354 e. The Balaban J connectivity index is 1.33. The van der Waals surface area contributed by atoms with Crippen LogP contribution in [0.3, 0.4) is 0 Å². The number of nitrogens with one attached hydrogen (secondary N) is 1. The zero-order chi connectivity index (χ0) is 15.9. The normalized spacial score (nSPS) is 18.2. The summed E-state index contributed by atoms with van der Waals surface area (Å²) in [5.41, 5.74) is 1.37. The Morgan fingerprint density at radius 3 is 2.96 bits per heavy atom. The molecule has 0 aliphatic carbocycles. The van der Waals surface area contributed by atoms with Crippen molar-refractivity contribution < 1.29 is 4.79 Å². The fraction of sp³-hybridized carbons (Fsp3) is 0.471. The van der Waals surface area contributed by atoms with Crippen LogP contribution in [0.2, 0.25) is 0 Å². The van der Waals surface area contributed by atoms with Gasteiger partial charge in [0.15, 0.2) is 0 Å². The van der Waals surface area contributed by atoms with Crippen molar-refractivity contribution in [2.24, 2.45) is 5.92 Å². The van der Waals surface area contributed by atoms with Crippen molar-refractivity contribution >= 4 is 5.91 Å². The van der Waals surface area contributed by atoms with Gasteiger partial charge in [0.25, 0.3) is 0 Å². The van der Waals surface area contributed by atoms with Crippen LogP contribution in [-0.2, 0) is 17.9 Å². The number of carbonyl (C=O) groups is 1. The first-order valence-electron chi connectivity index (χ1n) is 8.16. The van der Waals surface area contributed by atoms with Gasteiger partial charge in [0.1, 0.15) is 6.54 Å². The Bertz CT molecular complexity index is 599. The minimum absolute atomic E-state index is 0.00496. The highest BCUT2D eigenvalue weighted by Crippen LogP contribution is 2.20. The van der Waals surface area contributed by atoms with Gasteiger partial charge in [-0.15, -0.1) is 5.10 Å². The van der Waals surface area contributed by atoms with Gasteiger partial charge in [-0.3, -0.25) is 9.69 Å². The first kappa shape index (κ1) is 15.7. The predicted octanol–water partition coefficient (Wildman–Crippen LogP) is 1.31. The molecule has 0 bridgehead atoms. The highest BCUT2D eigenvalue weighted by molar-refractivity contribution is 5.75. The monoisotopic (exact) mass is 313 g/mol. The van der Waals surface area contributed by atoms with Crippen molar-refractivity contribution in [2.45, 2.75) is 25.9 Å². The van der Waals surface area contributed by atoms with Crippen molar-refractivity contribution in [1.29, 1.82) is 0 Å². The van der Waals surface area contributed by atoms with E-state index in [0.717, 1.165) is 32.6 Å². The van der Waals surface area contributed by atoms with Crippen LogP contribution in [0, 0.1) is 5.92 Å². The van der Waals surface area contributed by atoms with E-state index in [1.165, 1.54) is 16.7 Å². The zero-order valence-corrected chi connectivity index (χ0v) is 13.3. The Morgan fingerprint density at radius 1 is 1.30 bits per heavy atom. The second-order valence-corrected chi connectivity index (χ2v) is 6.11. The molecule has 1 amide bonds. The van der Waals surface area contributed by atoms with Gasteiger partial charge < -0.3 is 5.32 Å². The fourth-order valence-corrected chi connectivity index (χ4v) is 3.07. The average Bonchev–Trinajstić information content (AvgIpc) is 3.21. The highest BCUT2D eigenvalue weighted by atomic mass is 16.2. The average molecular weight is 313 g/mol. The zero-order valence-electron chi connectivity index (χ0n) is 13.3. The number of benzene rings is 1. The molecule has 1 aromatic heterocycles. The van der Waals surface area contributed by atoms with Crippen molar-refractivity contribution in [3.8, 4) is 0 Å². The number of carbonyl (C=O) groups excluding carboxylic acids is 1. The number of hydrogen-bond donors (Lipinski definition) is 1. The summed E-state index contributed by atoms with van der Waals surface area (Å²) in [5.74, 6) is 0.667. The highest BCUT2D eigenvalue weighted by Gasteiger charge is 2.22. The summed E-state index contributed by atoms with van der Waals surface area (Å²) in [4.78, 5) is 14.3. The molecule has 122 valence electrons. The molecule has 1 unspecified atom stereocenters. The van der Waals surface area contributed by atoms with E-state index in [-0.39, 0.29) is 12.5 Å². The summed E-state index contributed by atoms with van der Waals surface area (Å²) in [6, 6.07) is 10.6. The Hall–Kier alpha value is -2.21. The molecule has 1 N–H and O–H groups in total. The van der Waals surface area contributed by atoms with Crippen LogP contribution >= 0.6 is 0 Å². The Morgan fingerprint density at radius 2 is 2.17 bits per heavy atom. The van der Waals surface area contributed by atoms with E-state index in [1.54, 1.807) is 12.4 Å². The summed E-state index contributed by atoms with van der Waals surface area (Å²) in [5, 5.41) is 10.4. The van der Waals surface area contributed by atoms with Gasteiger partial charge in [-0.1, -0.05) is 35.5 Å². The van der Waals surface area contributed by atoms with Gasteiger partial charge in [-0.05, 0) is 30.9 Å². The van der Waals surface area contributed by atoms with Gasteiger partial charge in [-0.2, -0.15) is 0 Å². The van der Waals surface area contributed by atoms with E-state index in [2.05, 4.69) is 50.9 Å². The lowest BCUT2D eigenvalue weighted by molar-refractivity contribution is -0.121. The Labute approximate surface area is 136 Å². The second kappa shape index (κ2) is 7.87. The third kappa shape index (κ3) is 4.89. The van der Waals surface area contributed by atoms with Crippen LogP contribution < -0.4 is 5.32 Å². The number of nitrogens with zero attached hydrogens (tertiary/aromatic N) is 4. The molecule has 1 aliphatic heterocycles. The van der Waals surface area contributed by atoms with Gasteiger partial charge in [0.2, 0.25) is 5.91 Å². The predicted molar refractivity (Wildman–Crippen MR) is 87.5 cm³/mol. The van der Waals surface area contributed by atoms with Crippen molar-refractivity contribution in [1.82, 2.24) is 25.2 Å². The number of likely N-dealkylation sites (tertiary alicyclic amines) is 1. The summed E-state index contributed by atoms with van der Waals surface area (Å²) in [6.45, 7) is 4.26. The lowest BCUT2D eigenvalue weighted by Gasteiger charge is -2.16. The van der Waals surface area contributed by atoms with Gasteiger partial charge in [-0.25, -0.2) is 4.68 Å². The van der Waals surface area contributed by atoms with Crippen LogP contribution in [0.4, 0.5) is 0 Å². The third-order valence-electron chi connectivity index (χ3n) is 4.27. The van der Waals surface area contributed by atoms with Gasteiger partial charge in [0, 0.05) is 25.8 Å². The maximum absolute atomic E-state index is 11.8. The molecular formula is C17H23N5O. The van der Waals surface area contributed by atoms with Crippen LogP contribution in [0.15, 0.2) is 42.7 Å². The van der Waals surface area contributed by atoms with E-state index >= 15 is 0 Å². The molecule has 1 fully saturated rings. The van der Waals surface area contributed by atoms with E-state index in [0.29, 0.717) is 5.92 Å². The maximum Gasteiger partial charge on any atom is 0.241 e. The number of aromatic nitrogens is 3. The minimum atomic E-state index is -0.00496. The topological polar surface area (TPSA) is 63.1 Å².